The van der Waals surface area contributed by atoms with E-state index in [0.717, 1.165) is 30.4 Å². The van der Waals surface area contributed by atoms with Crippen molar-refractivity contribution in [3.05, 3.63) is 34.9 Å². The molecule has 3 rings (SSSR count). The summed E-state index contributed by atoms with van der Waals surface area (Å²) in [4.78, 5) is 4.48. The van der Waals surface area contributed by atoms with Gasteiger partial charge in [0.1, 0.15) is 0 Å². The molecule has 1 N–H and O–H groups in total. The van der Waals surface area contributed by atoms with Crippen molar-refractivity contribution >= 4 is 17.4 Å². The first-order valence-electron chi connectivity index (χ1n) is 5.82. The summed E-state index contributed by atoms with van der Waals surface area (Å²) >= 11 is 6.27. The molecule has 1 aliphatic heterocycles. The molecule has 2 aliphatic rings. The third kappa shape index (κ3) is 1.71. The maximum atomic E-state index is 6.27. The Labute approximate surface area is 101 Å². The fourth-order valence-electron chi connectivity index (χ4n) is 2.47. The number of benzene rings is 1. The molecule has 84 valence electrons. The average Bonchev–Trinajstić information content (AvgIpc) is 2.87. The molecule has 16 heavy (non-hydrogen) atoms. The van der Waals surface area contributed by atoms with Gasteiger partial charge in [-0.2, -0.15) is 0 Å². The van der Waals surface area contributed by atoms with Crippen molar-refractivity contribution in [3.8, 4) is 0 Å². The van der Waals surface area contributed by atoms with Crippen LogP contribution >= 0.6 is 11.6 Å². The largest absolute Gasteiger partial charge is 0.372 e. The zero-order chi connectivity index (χ0) is 11.0. The van der Waals surface area contributed by atoms with E-state index in [1.54, 1.807) is 0 Å². The highest BCUT2D eigenvalue weighted by atomic mass is 35.5. The summed E-state index contributed by atoms with van der Waals surface area (Å²) in [5.41, 5.74) is 1.57. The van der Waals surface area contributed by atoms with E-state index >= 15 is 0 Å². The lowest BCUT2D eigenvalue weighted by molar-refractivity contribution is 0.718. The molecule has 0 amide bonds. The van der Waals surface area contributed by atoms with E-state index in [2.05, 4.69) is 22.4 Å². The first kappa shape index (κ1) is 10.2. The Morgan fingerprint density at radius 3 is 2.75 bits per heavy atom. The van der Waals surface area contributed by atoms with Crippen molar-refractivity contribution in [1.29, 1.82) is 0 Å². The molecular weight excluding hydrogens is 220 g/mol. The molecule has 0 saturated heterocycles. The van der Waals surface area contributed by atoms with E-state index in [1.165, 1.54) is 18.4 Å². The van der Waals surface area contributed by atoms with Crippen LogP contribution in [0.5, 0.6) is 0 Å². The van der Waals surface area contributed by atoms with Gasteiger partial charge >= 0.3 is 0 Å². The molecule has 2 nitrogen and oxygen atoms in total. The Bertz CT molecular complexity index is 435. The molecule has 1 heterocycles. The molecule has 1 aromatic rings. The van der Waals surface area contributed by atoms with Crippen LogP contribution in [0.25, 0.3) is 0 Å². The van der Waals surface area contributed by atoms with E-state index in [0.29, 0.717) is 0 Å². The minimum absolute atomic E-state index is 0.272. The van der Waals surface area contributed by atoms with Crippen LogP contribution in [-0.2, 0) is 5.41 Å². The number of hydrogen-bond donors (Lipinski definition) is 1. The number of nitrogens with one attached hydrogen (secondary N) is 1. The van der Waals surface area contributed by atoms with Crippen LogP contribution in [0.3, 0.4) is 0 Å². The van der Waals surface area contributed by atoms with Crippen LogP contribution in [0.15, 0.2) is 29.3 Å². The highest BCUT2D eigenvalue weighted by Gasteiger charge is 2.46. The van der Waals surface area contributed by atoms with Crippen molar-refractivity contribution in [2.24, 2.45) is 4.99 Å². The summed E-state index contributed by atoms with van der Waals surface area (Å²) in [7, 11) is 0. The van der Waals surface area contributed by atoms with Crippen LogP contribution in [0.2, 0.25) is 5.02 Å². The topological polar surface area (TPSA) is 24.4 Å². The van der Waals surface area contributed by atoms with Crippen LogP contribution in [0.4, 0.5) is 0 Å². The third-order valence-corrected chi connectivity index (χ3v) is 3.88. The van der Waals surface area contributed by atoms with Gasteiger partial charge in [0.25, 0.3) is 0 Å². The van der Waals surface area contributed by atoms with Crippen LogP contribution in [-0.4, -0.2) is 18.9 Å². The first-order valence-corrected chi connectivity index (χ1v) is 6.20. The lowest BCUT2D eigenvalue weighted by Crippen LogP contribution is -2.24. The first-order chi connectivity index (χ1) is 7.80. The van der Waals surface area contributed by atoms with E-state index < -0.39 is 0 Å². The fraction of sp³-hybridized carbons (Fsp3) is 0.462. The third-order valence-electron chi connectivity index (χ3n) is 3.55. The standard InChI is InChI=1S/C13H15ClN2/c14-11-4-2-1-3-10(11)13(5-6-13)9-12-15-7-8-16-12/h1-4H,5-9H2,(H,15,16). The van der Waals surface area contributed by atoms with Gasteiger partial charge in [0.15, 0.2) is 0 Å². The van der Waals surface area contributed by atoms with Crippen molar-refractivity contribution in [1.82, 2.24) is 5.32 Å². The molecule has 1 fully saturated rings. The van der Waals surface area contributed by atoms with Gasteiger partial charge in [0, 0.05) is 23.4 Å². The van der Waals surface area contributed by atoms with Crippen molar-refractivity contribution in [2.75, 3.05) is 13.1 Å². The van der Waals surface area contributed by atoms with Crippen LogP contribution < -0.4 is 5.32 Å². The van der Waals surface area contributed by atoms with Crippen molar-refractivity contribution in [3.63, 3.8) is 0 Å². The predicted octanol–water partition coefficient (Wildman–Crippen LogP) is 2.76. The summed E-state index contributed by atoms with van der Waals surface area (Å²) in [6, 6.07) is 8.21. The summed E-state index contributed by atoms with van der Waals surface area (Å²) in [6.45, 7) is 1.92. The highest BCUT2D eigenvalue weighted by molar-refractivity contribution is 6.31. The van der Waals surface area contributed by atoms with Gasteiger partial charge in [-0.15, -0.1) is 0 Å². The van der Waals surface area contributed by atoms with Gasteiger partial charge in [0.2, 0.25) is 0 Å². The quantitative estimate of drug-likeness (QED) is 0.855. The predicted molar refractivity (Wildman–Crippen MR) is 67.3 cm³/mol. The van der Waals surface area contributed by atoms with Crippen LogP contribution in [0, 0.1) is 0 Å². The minimum Gasteiger partial charge on any atom is -0.372 e. The normalized spacial score (nSPS) is 21.4. The Hall–Kier alpha value is -1.02. The van der Waals surface area contributed by atoms with E-state index in [9.17, 15) is 0 Å². The second kappa shape index (κ2) is 3.77. The molecule has 0 bridgehead atoms. The number of halogens is 1. The molecule has 3 heteroatoms. The molecule has 0 atom stereocenters. The SMILES string of the molecule is Clc1ccccc1C1(CC2=NCCN2)CC1. The number of hydrogen-bond acceptors (Lipinski definition) is 2. The number of aliphatic imine (C=N–C) groups is 1. The molecule has 1 aliphatic carbocycles. The van der Waals surface area contributed by atoms with Crippen molar-refractivity contribution in [2.45, 2.75) is 24.7 Å². The second-order valence-electron chi connectivity index (χ2n) is 4.69. The monoisotopic (exact) mass is 234 g/mol. The molecule has 0 radical (unpaired) electrons. The maximum Gasteiger partial charge on any atom is 0.0973 e. The number of nitrogens with zero attached hydrogens (tertiary/aromatic N) is 1. The maximum absolute atomic E-state index is 6.27. The van der Waals surface area contributed by atoms with Gasteiger partial charge in [-0.05, 0) is 24.5 Å². The van der Waals surface area contributed by atoms with Gasteiger partial charge < -0.3 is 5.32 Å². The zero-order valence-corrected chi connectivity index (χ0v) is 9.93. The minimum atomic E-state index is 0.272. The smallest absolute Gasteiger partial charge is 0.0973 e. The van der Waals surface area contributed by atoms with Gasteiger partial charge in [-0.25, -0.2) is 0 Å². The highest BCUT2D eigenvalue weighted by Crippen LogP contribution is 2.53. The molecule has 0 unspecified atom stereocenters. The number of amidine groups is 1. The lowest BCUT2D eigenvalue weighted by Gasteiger charge is -2.17. The molecule has 1 aromatic carbocycles. The average molecular weight is 235 g/mol. The Kier molecular flexibility index (Phi) is 2.40. The summed E-state index contributed by atoms with van der Waals surface area (Å²) in [6.07, 6.45) is 3.49. The van der Waals surface area contributed by atoms with Gasteiger partial charge in [-0.1, -0.05) is 29.8 Å². The fourth-order valence-corrected chi connectivity index (χ4v) is 2.81. The summed E-state index contributed by atoms with van der Waals surface area (Å²) in [5.74, 6) is 1.16. The van der Waals surface area contributed by atoms with E-state index in [1.807, 2.05) is 12.1 Å². The molecular formula is C13H15ClN2. The van der Waals surface area contributed by atoms with Gasteiger partial charge in [-0.3, -0.25) is 4.99 Å². The summed E-state index contributed by atoms with van der Waals surface area (Å²) < 4.78 is 0. The Morgan fingerprint density at radius 1 is 1.31 bits per heavy atom. The lowest BCUT2D eigenvalue weighted by atomic mass is 9.92. The van der Waals surface area contributed by atoms with E-state index in [-0.39, 0.29) is 5.41 Å². The summed E-state index contributed by atoms with van der Waals surface area (Å²) in [5, 5.41) is 4.25. The Balaban J connectivity index is 1.85. The van der Waals surface area contributed by atoms with Gasteiger partial charge in [0.05, 0.1) is 12.4 Å². The molecule has 0 aromatic heterocycles. The van der Waals surface area contributed by atoms with E-state index in [4.69, 9.17) is 11.6 Å². The Morgan fingerprint density at radius 2 is 2.12 bits per heavy atom. The zero-order valence-electron chi connectivity index (χ0n) is 9.17. The molecule has 1 saturated carbocycles. The second-order valence-corrected chi connectivity index (χ2v) is 5.10. The van der Waals surface area contributed by atoms with Crippen molar-refractivity contribution < 1.29 is 0 Å². The number of rotatable bonds is 3. The van der Waals surface area contributed by atoms with Crippen LogP contribution in [0.1, 0.15) is 24.8 Å². The molecule has 0 spiro atoms.